The van der Waals surface area contributed by atoms with Crippen molar-refractivity contribution < 1.29 is 9.18 Å². The lowest BCUT2D eigenvalue weighted by Crippen LogP contribution is -2.24. The predicted octanol–water partition coefficient (Wildman–Crippen LogP) is 1.69. The number of halogens is 1. The van der Waals surface area contributed by atoms with Crippen LogP contribution in [0, 0.1) is 5.82 Å². The van der Waals surface area contributed by atoms with Gasteiger partial charge in [-0.1, -0.05) is 23.5 Å². The van der Waals surface area contributed by atoms with Crippen LogP contribution in [0.2, 0.25) is 0 Å². The van der Waals surface area contributed by atoms with Crippen LogP contribution in [0.25, 0.3) is 0 Å². The van der Waals surface area contributed by atoms with Crippen LogP contribution >= 0.6 is 11.3 Å². The Morgan fingerprint density at radius 2 is 2.18 bits per heavy atom. The van der Waals surface area contributed by atoms with E-state index in [4.69, 9.17) is 0 Å². The number of thiazole rings is 1. The molecule has 88 valence electrons. The summed E-state index contributed by atoms with van der Waals surface area (Å²) in [7, 11) is 0. The second kappa shape index (κ2) is 4.92. The van der Waals surface area contributed by atoms with Crippen LogP contribution in [-0.2, 0) is 11.3 Å². The van der Waals surface area contributed by atoms with Gasteiger partial charge < -0.3 is 5.32 Å². The Morgan fingerprint density at radius 1 is 1.41 bits per heavy atom. The lowest BCUT2D eigenvalue weighted by molar-refractivity contribution is -0.116. The van der Waals surface area contributed by atoms with E-state index in [-0.39, 0.29) is 17.1 Å². The average molecular weight is 252 g/mol. The third-order valence-corrected chi connectivity index (χ3v) is 2.80. The summed E-state index contributed by atoms with van der Waals surface area (Å²) >= 11 is 1.01. The fourth-order valence-corrected chi connectivity index (χ4v) is 1.90. The molecule has 1 aromatic heterocycles. The molecule has 0 aliphatic rings. The van der Waals surface area contributed by atoms with E-state index in [0.717, 1.165) is 11.3 Å². The number of anilines is 1. The Labute approximate surface area is 100 Å². The van der Waals surface area contributed by atoms with Crippen molar-refractivity contribution in [2.24, 2.45) is 0 Å². The van der Waals surface area contributed by atoms with Crippen molar-refractivity contribution in [2.45, 2.75) is 6.54 Å². The molecular formula is C11H9FN2O2S. The number of para-hydroxylation sites is 1. The highest BCUT2D eigenvalue weighted by atomic mass is 32.1. The van der Waals surface area contributed by atoms with E-state index < -0.39 is 11.7 Å². The smallest absolute Gasteiger partial charge is 0.307 e. The first-order valence-corrected chi connectivity index (χ1v) is 5.73. The summed E-state index contributed by atoms with van der Waals surface area (Å²) in [5.41, 5.74) is 0.112. The molecule has 17 heavy (non-hydrogen) atoms. The molecule has 1 aromatic carbocycles. The predicted molar refractivity (Wildman–Crippen MR) is 63.6 cm³/mol. The van der Waals surface area contributed by atoms with E-state index in [1.807, 2.05) is 0 Å². The van der Waals surface area contributed by atoms with Gasteiger partial charge in [0.2, 0.25) is 5.91 Å². The topological polar surface area (TPSA) is 51.1 Å². The quantitative estimate of drug-likeness (QED) is 0.903. The molecule has 0 unspecified atom stereocenters. The molecule has 0 bridgehead atoms. The number of aromatic nitrogens is 1. The highest BCUT2D eigenvalue weighted by Gasteiger charge is 2.07. The molecule has 1 amide bonds. The maximum absolute atomic E-state index is 13.2. The molecule has 0 atom stereocenters. The van der Waals surface area contributed by atoms with Gasteiger partial charge in [0.1, 0.15) is 12.4 Å². The molecule has 0 aliphatic heterocycles. The highest BCUT2D eigenvalue weighted by molar-refractivity contribution is 7.07. The van der Waals surface area contributed by atoms with E-state index in [1.165, 1.54) is 29.0 Å². The second-order valence-electron chi connectivity index (χ2n) is 3.32. The second-order valence-corrected chi connectivity index (χ2v) is 4.18. The number of nitrogens with one attached hydrogen (secondary N) is 1. The van der Waals surface area contributed by atoms with Crippen LogP contribution in [0.1, 0.15) is 0 Å². The zero-order valence-corrected chi connectivity index (χ0v) is 9.54. The Balaban J connectivity index is 2.06. The van der Waals surface area contributed by atoms with Crippen molar-refractivity contribution in [1.82, 2.24) is 4.57 Å². The first-order valence-electron chi connectivity index (χ1n) is 4.85. The Kier molecular flexibility index (Phi) is 3.34. The van der Waals surface area contributed by atoms with Gasteiger partial charge in [-0.05, 0) is 12.1 Å². The van der Waals surface area contributed by atoms with Crippen LogP contribution in [-0.4, -0.2) is 10.5 Å². The van der Waals surface area contributed by atoms with Gasteiger partial charge in [-0.3, -0.25) is 14.2 Å². The van der Waals surface area contributed by atoms with Gasteiger partial charge >= 0.3 is 4.87 Å². The van der Waals surface area contributed by atoms with Gasteiger partial charge in [-0.15, -0.1) is 0 Å². The molecule has 0 saturated heterocycles. The maximum atomic E-state index is 13.2. The van der Waals surface area contributed by atoms with Crippen molar-refractivity contribution in [2.75, 3.05) is 5.32 Å². The number of rotatable bonds is 3. The summed E-state index contributed by atoms with van der Waals surface area (Å²) in [6.45, 7) is -0.114. The lowest BCUT2D eigenvalue weighted by Gasteiger charge is -2.05. The molecule has 2 aromatic rings. The standard InChI is InChI=1S/C11H9FN2O2S/c12-8-3-1-2-4-9(8)13-10(15)7-14-5-6-17-11(14)16/h1-6H,7H2,(H,13,15). The van der Waals surface area contributed by atoms with Crippen molar-refractivity contribution >= 4 is 22.9 Å². The molecular weight excluding hydrogens is 243 g/mol. The third kappa shape index (κ3) is 2.79. The van der Waals surface area contributed by atoms with Crippen molar-refractivity contribution in [3.63, 3.8) is 0 Å². The maximum Gasteiger partial charge on any atom is 0.307 e. The van der Waals surface area contributed by atoms with Crippen molar-refractivity contribution in [3.8, 4) is 0 Å². The van der Waals surface area contributed by atoms with E-state index in [2.05, 4.69) is 5.32 Å². The summed E-state index contributed by atoms with van der Waals surface area (Å²) in [6.07, 6.45) is 1.52. The number of nitrogens with zero attached hydrogens (tertiary/aromatic N) is 1. The number of amides is 1. The fraction of sp³-hybridized carbons (Fsp3) is 0.0909. The summed E-state index contributed by atoms with van der Waals surface area (Å²) < 4.78 is 14.5. The summed E-state index contributed by atoms with van der Waals surface area (Å²) in [4.78, 5) is 22.5. The zero-order chi connectivity index (χ0) is 12.3. The number of carbonyl (C=O) groups is 1. The van der Waals surface area contributed by atoms with E-state index in [1.54, 1.807) is 11.4 Å². The Hall–Kier alpha value is -1.95. The fourth-order valence-electron chi connectivity index (χ4n) is 1.31. The molecule has 0 radical (unpaired) electrons. The lowest BCUT2D eigenvalue weighted by atomic mass is 10.3. The zero-order valence-electron chi connectivity index (χ0n) is 8.72. The first-order chi connectivity index (χ1) is 8.16. The normalized spacial score (nSPS) is 10.2. The van der Waals surface area contributed by atoms with Crippen molar-refractivity contribution in [1.29, 1.82) is 0 Å². The molecule has 0 fully saturated rings. The molecule has 2 rings (SSSR count). The molecule has 0 spiro atoms. The first kappa shape index (κ1) is 11.5. The van der Waals surface area contributed by atoms with Crippen molar-refractivity contribution in [3.05, 3.63) is 51.3 Å². The molecule has 4 nitrogen and oxygen atoms in total. The minimum Gasteiger partial charge on any atom is -0.322 e. The summed E-state index contributed by atoms with van der Waals surface area (Å²) in [6, 6.07) is 5.87. The van der Waals surface area contributed by atoms with Crippen LogP contribution in [0.4, 0.5) is 10.1 Å². The van der Waals surface area contributed by atoms with Gasteiger partial charge in [0.25, 0.3) is 0 Å². The molecule has 6 heteroatoms. The van der Waals surface area contributed by atoms with Crippen LogP contribution in [0.3, 0.4) is 0 Å². The number of hydrogen-bond donors (Lipinski definition) is 1. The van der Waals surface area contributed by atoms with Crippen LogP contribution < -0.4 is 10.2 Å². The Bertz CT molecular complexity index is 591. The largest absolute Gasteiger partial charge is 0.322 e. The number of benzene rings is 1. The van der Waals surface area contributed by atoms with Gasteiger partial charge in [-0.25, -0.2) is 4.39 Å². The van der Waals surface area contributed by atoms with Crippen LogP contribution in [0.5, 0.6) is 0 Å². The van der Waals surface area contributed by atoms with Gasteiger partial charge in [-0.2, -0.15) is 0 Å². The summed E-state index contributed by atoms with van der Waals surface area (Å²) in [5, 5.41) is 4.00. The average Bonchev–Trinajstić information content (AvgIpc) is 2.68. The molecule has 0 saturated carbocycles. The van der Waals surface area contributed by atoms with Gasteiger partial charge in [0, 0.05) is 11.6 Å². The monoisotopic (exact) mass is 252 g/mol. The van der Waals surface area contributed by atoms with E-state index in [0.29, 0.717) is 0 Å². The number of carbonyl (C=O) groups excluding carboxylic acids is 1. The molecule has 0 aliphatic carbocycles. The van der Waals surface area contributed by atoms with E-state index in [9.17, 15) is 14.0 Å². The highest BCUT2D eigenvalue weighted by Crippen LogP contribution is 2.12. The summed E-state index contributed by atoms with van der Waals surface area (Å²) in [5.74, 6) is -0.936. The minimum absolute atomic E-state index is 0.112. The van der Waals surface area contributed by atoms with Gasteiger partial charge in [0.15, 0.2) is 0 Å². The van der Waals surface area contributed by atoms with Gasteiger partial charge in [0.05, 0.1) is 5.69 Å². The van der Waals surface area contributed by atoms with E-state index >= 15 is 0 Å². The van der Waals surface area contributed by atoms with Crippen LogP contribution in [0.15, 0.2) is 40.6 Å². The Morgan fingerprint density at radius 3 is 2.82 bits per heavy atom. The minimum atomic E-state index is -0.501. The molecule has 1 heterocycles. The molecule has 1 N–H and O–H groups in total. The SMILES string of the molecule is O=C(Cn1ccsc1=O)Nc1ccccc1F. The number of hydrogen-bond acceptors (Lipinski definition) is 3. The third-order valence-electron chi connectivity index (χ3n) is 2.11.